The number of nitrogens with zero attached hydrogens (tertiary/aromatic N) is 4. The van der Waals surface area contributed by atoms with Crippen molar-refractivity contribution in [2.45, 2.75) is 19.0 Å². The Kier molecular flexibility index (Phi) is 6.59. The third kappa shape index (κ3) is 5.16. The quantitative estimate of drug-likeness (QED) is 0.446. The topological polar surface area (TPSA) is 108 Å². The number of rotatable bonds is 9. The first-order chi connectivity index (χ1) is 13.2. The monoisotopic (exact) mass is 388 g/mol. The number of aromatic nitrogens is 4. The van der Waals surface area contributed by atoms with Crippen molar-refractivity contribution in [2.24, 2.45) is 0 Å². The van der Waals surface area contributed by atoms with E-state index in [-0.39, 0.29) is 19.3 Å². The summed E-state index contributed by atoms with van der Waals surface area (Å²) >= 11 is 6.25. The Morgan fingerprint density at radius 2 is 1.93 bits per heavy atom. The first kappa shape index (κ1) is 19.1. The van der Waals surface area contributed by atoms with E-state index in [0.717, 1.165) is 5.56 Å². The molecule has 0 aliphatic carbocycles. The van der Waals surface area contributed by atoms with Crippen LogP contribution in [0.1, 0.15) is 18.0 Å². The van der Waals surface area contributed by atoms with Gasteiger partial charge in [0.05, 0.1) is 37.3 Å². The van der Waals surface area contributed by atoms with E-state index in [1.807, 2.05) is 30.3 Å². The molecule has 0 bridgehead atoms. The Labute approximate surface area is 161 Å². The van der Waals surface area contributed by atoms with Crippen molar-refractivity contribution in [3.05, 3.63) is 59.5 Å². The molecule has 2 heterocycles. The van der Waals surface area contributed by atoms with E-state index in [1.54, 1.807) is 17.1 Å². The molecule has 9 heteroatoms. The third-order valence-electron chi connectivity index (χ3n) is 3.89. The van der Waals surface area contributed by atoms with Gasteiger partial charge in [0, 0.05) is 12.8 Å². The summed E-state index contributed by atoms with van der Waals surface area (Å²) < 4.78 is 1.62. The standard InChI is InChI=1S/C18H21ClN6O2/c19-15-11-20-18(22-14-10-21-25(12-14)7-9-27)24-17(15)23-16(6-8-26)13-4-2-1-3-5-13/h1-5,10-12,16,26-27H,6-9H2,(H2,20,22,23,24). The van der Waals surface area contributed by atoms with Gasteiger partial charge in [-0.25, -0.2) is 4.98 Å². The normalized spacial score (nSPS) is 12.0. The van der Waals surface area contributed by atoms with Crippen LogP contribution in [0.25, 0.3) is 0 Å². The third-order valence-corrected chi connectivity index (χ3v) is 4.17. The van der Waals surface area contributed by atoms with E-state index in [9.17, 15) is 5.11 Å². The number of hydrogen-bond donors (Lipinski definition) is 4. The maximum absolute atomic E-state index is 9.40. The van der Waals surface area contributed by atoms with E-state index < -0.39 is 0 Å². The van der Waals surface area contributed by atoms with Crippen LogP contribution in [-0.2, 0) is 6.54 Å². The summed E-state index contributed by atoms with van der Waals surface area (Å²) in [5.74, 6) is 0.834. The lowest BCUT2D eigenvalue weighted by molar-refractivity contribution is 0.269. The molecule has 0 fully saturated rings. The molecule has 0 saturated heterocycles. The number of nitrogens with one attached hydrogen (secondary N) is 2. The van der Waals surface area contributed by atoms with E-state index in [4.69, 9.17) is 16.7 Å². The van der Waals surface area contributed by atoms with Crippen molar-refractivity contribution < 1.29 is 10.2 Å². The highest BCUT2D eigenvalue weighted by Crippen LogP contribution is 2.27. The summed E-state index contributed by atoms with van der Waals surface area (Å²) in [5.41, 5.74) is 1.73. The second-order valence-corrected chi connectivity index (χ2v) is 6.26. The fraction of sp³-hybridized carbons (Fsp3) is 0.278. The number of anilines is 3. The zero-order valence-corrected chi connectivity index (χ0v) is 15.3. The van der Waals surface area contributed by atoms with Gasteiger partial charge >= 0.3 is 0 Å². The minimum Gasteiger partial charge on any atom is -0.396 e. The molecular weight excluding hydrogens is 368 g/mol. The van der Waals surface area contributed by atoms with E-state index in [1.165, 1.54) is 6.20 Å². The van der Waals surface area contributed by atoms with Gasteiger partial charge in [0.25, 0.3) is 0 Å². The zero-order valence-electron chi connectivity index (χ0n) is 14.6. The van der Waals surface area contributed by atoms with Crippen LogP contribution in [0.4, 0.5) is 17.5 Å². The molecule has 2 aromatic heterocycles. The molecule has 0 radical (unpaired) electrons. The van der Waals surface area contributed by atoms with E-state index >= 15 is 0 Å². The molecule has 3 rings (SSSR count). The van der Waals surface area contributed by atoms with Crippen LogP contribution >= 0.6 is 11.6 Å². The lowest BCUT2D eigenvalue weighted by Crippen LogP contribution is -2.14. The maximum atomic E-state index is 9.40. The van der Waals surface area contributed by atoms with Crippen molar-refractivity contribution in [3.8, 4) is 0 Å². The molecule has 0 aliphatic rings. The smallest absolute Gasteiger partial charge is 0.229 e. The number of aliphatic hydroxyl groups excluding tert-OH is 2. The molecule has 27 heavy (non-hydrogen) atoms. The molecular formula is C18H21ClN6O2. The Bertz CT molecular complexity index is 858. The van der Waals surface area contributed by atoms with Gasteiger partial charge in [0.2, 0.25) is 5.95 Å². The van der Waals surface area contributed by atoms with Crippen LogP contribution in [0.5, 0.6) is 0 Å². The fourth-order valence-corrected chi connectivity index (χ4v) is 2.76. The second-order valence-electron chi connectivity index (χ2n) is 5.85. The summed E-state index contributed by atoms with van der Waals surface area (Å²) in [6.45, 7) is 0.457. The highest BCUT2D eigenvalue weighted by atomic mass is 35.5. The minimum absolute atomic E-state index is 0.0123. The molecule has 0 amide bonds. The molecule has 1 unspecified atom stereocenters. The fourth-order valence-electron chi connectivity index (χ4n) is 2.61. The molecule has 142 valence electrons. The van der Waals surface area contributed by atoms with Crippen LogP contribution in [0, 0.1) is 0 Å². The van der Waals surface area contributed by atoms with E-state index in [0.29, 0.717) is 35.4 Å². The summed E-state index contributed by atoms with van der Waals surface area (Å²) in [6, 6.07) is 9.66. The van der Waals surface area contributed by atoms with Crippen molar-refractivity contribution in [1.82, 2.24) is 19.7 Å². The van der Waals surface area contributed by atoms with Gasteiger partial charge < -0.3 is 20.8 Å². The Hall–Kier alpha value is -2.68. The highest BCUT2D eigenvalue weighted by molar-refractivity contribution is 6.32. The van der Waals surface area contributed by atoms with Gasteiger partial charge in [-0.15, -0.1) is 0 Å². The number of benzene rings is 1. The second kappa shape index (κ2) is 9.31. The summed E-state index contributed by atoms with van der Waals surface area (Å²) in [7, 11) is 0. The van der Waals surface area contributed by atoms with Crippen LogP contribution < -0.4 is 10.6 Å². The largest absolute Gasteiger partial charge is 0.396 e. The lowest BCUT2D eigenvalue weighted by atomic mass is 10.0. The average molecular weight is 389 g/mol. The summed E-state index contributed by atoms with van der Waals surface area (Å²) in [4.78, 5) is 8.62. The number of aliphatic hydroxyl groups is 2. The van der Waals surface area contributed by atoms with Crippen LogP contribution in [0.3, 0.4) is 0 Å². The Balaban J connectivity index is 1.77. The molecule has 0 saturated carbocycles. The molecule has 0 aliphatic heterocycles. The van der Waals surface area contributed by atoms with Gasteiger partial charge in [-0.05, 0) is 12.0 Å². The summed E-state index contributed by atoms with van der Waals surface area (Å²) in [6.07, 6.45) is 5.40. The molecule has 1 atom stereocenters. The van der Waals surface area contributed by atoms with E-state index in [2.05, 4.69) is 25.7 Å². The first-order valence-electron chi connectivity index (χ1n) is 8.55. The van der Waals surface area contributed by atoms with Gasteiger partial charge in [0.1, 0.15) is 5.02 Å². The Morgan fingerprint density at radius 3 is 2.67 bits per heavy atom. The Morgan fingerprint density at radius 1 is 1.11 bits per heavy atom. The first-order valence-corrected chi connectivity index (χ1v) is 8.92. The SMILES string of the molecule is OCCC(Nc1nc(Nc2cnn(CCO)c2)ncc1Cl)c1ccccc1. The predicted molar refractivity (Wildman–Crippen MR) is 104 cm³/mol. The molecule has 0 spiro atoms. The molecule has 3 aromatic rings. The molecule has 4 N–H and O–H groups in total. The van der Waals surface area contributed by atoms with Crippen molar-refractivity contribution in [2.75, 3.05) is 23.8 Å². The highest BCUT2D eigenvalue weighted by Gasteiger charge is 2.14. The molecule has 1 aromatic carbocycles. The summed E-state index contributed by atoms with van der Waals surface area (Å²) in [5, 5.41) is 29.2. The lowest BCUT2D eigenvalue weighted by Gasteiger charge is -2.20. The van der Waals surface area contributed by atoms with Crippen molar-refractivity contribution in [1.29, 1.82) is 0 Å². The van der Waals surface area contributed by atoms with Crippen LogP contribution in [0.15, 0.2) is 48.9 Å². The number of hydrogen-bond acceptors (Lipinski definition) is 7. The minimum atomic E-state index is -0.135. The van der Waals surface area contributed by atoms with Crippen LogP contribution in [0.2, 0.25) is 5.02 Å². The predicted octanol–water partition coefficient (Wildman–Crippen LogP) is 2.60. The number of halogens is 1. The zero-order chi connectivity index (χ0) is 19.1. The van der Waals surface area contributed by atoms with Gasteiger partial charge in [-0.2, -0.15) is 10.1 Å². The van der Waals surface area contributed by atoms with Crippen LogP contribution in [-0.4, -0.2) is 43.2 Å². The van der Waals surface area contributed by atoms with Gasteiger partial charge in [-0.3, -0.25) is 4.68 Å². The molecule has 8 nitrogen and oxygen atoms in total. The van der Waals surface area contributed by atoms with Crippen molar-refractivity contribution >= 4 is 29.1 Å². The van der Waals surface area contributed by atoms with Crippen molar-refractivity contribution in [3.63, 3.8) is 0 Å². The van der Waals surface area contributed by atoms with Gasteiger partial charge in [0.15, 0.2) is 5.82 Å². The van der Waals surface area contributed by atoms with Gasteiger partial charge in [-0.1, -0.05) is 41.9 Å². The average Bonchev–Trinajstić information content (AvgIpc) is 3.12. The maximum Gasteiger partial charge on any atom is 0.229 e.